The van der Waals surface area contributed by atoms with E-state index in [0.717, 1.165) is 0 Å². The summed E-state index contributed by atoms with van der Waals surface area (Å²) < 4.78 is 0. The molecule has 0 saturated carbocycles. The Bertz CT molecular complexity index is 341. The maximum Gasteiger partial charge on any atom is 0.335 e. The molecule has 0 amide bonds. The van der Waals surface area contributed by atoms with Crippen molar-refractivity contribution in [1.29, 1.82) is 0 Å². The van der Waals surface area contributed by atoms with E-state index >= 15 is 0 Å². The summed E-state index contributed by atoms with van der Waals surface area (Å²) in [6.07, 6.45) is 1.62. The van der Waals surface area contributed by atoms with Crippen molar-refractivity contribution in [1.82, 2.24) is 4.98 Å². The third-order valence-electron chi connectivity index (χ3n) is 2.00. The first-order valence-corrected chi connectivity index (χ1v) is 4.74. The molecule has 0 fully saturated rings. The Labute approximate surface area is 87.8 Å². The van der Waals surface area contributed by atoms with Crippen molar-refractivity contribution in [2.75, 3.05) is 11.9 Å². The van der Waals surface area contributed by atoms with Crippen molar-refractivity contribution in [3.05, 3.63) is 23.9 Å². The molecule has 5 heteroatoms. The van der Waals surface area contributed by atoms with Gasteiger partial charge in [-0.25, -0.2) is 9.78 Å². The Morgan fingerprint density at radius 3 is 3.00 bits per heavy atom. The number of aliphatic hydroxyl groups excluding tert-OH is 1. The fourth-order valence-electron chi connectivity index (χ4n) is 1.03. The molecule has 1 rings (SSSR count). The molecule has 0 radical (unpaired) electrons. The summed E-state index contributed by atoms with van der Waals surface area (Å²) >= 11 is 0. The van der Waals surface area contributed by atoms with Gasteiger partial charge in [-0.2, -0.15) is 0 Å². The molecule has 1 heterocycles. The highest BCUT2D eigenvalue weighted by Gasteiger charge is 2.05. The van der Waals surface area contributed by atoms with Crippen molar-refractivity contribution < 1.29 is 15.0 Å². The number of rotatable bonds is 5. The number of aromatic nitrogens is 1. The minimum atomic E-state index is -0.989. The first-order chi connectivity index (χ1) is 7.13. The highest BCUT2D eigenvalue weighted by atomic mass is 16.4. The zero-order chi connectivity index (χ0) is 11.3. The molecule has 0 aromatic carbocycles. The van der Waals surface area contributed by atoms with Gasteiger partial charge >= 0.3 is 5.97 Å². The van der Waals surface area contributed by atoms with Crippen LogP contribution in [0.2, 0.25) is 0 Å². The van der Waals surface area contributed by atoms with Gasteiger partial charge in [-0.05, 0) is 18.6 Å². The van der Waals surface area contributed by atoms with Gasteiger partial charge in [0.05, 0.1) is 11.7 Å². The summed E-state index contributed by atoms with van der Waals surface area (Å²) in [7, 11) is 0. The number of hydrogen-bond acceptors (Lipinski definition) is 4. The second-order valence-electron chi connectivity index (χ2n) is 3.18. The van der Waals surface area contributed by atoms with Crippen molar-refractivity contribution in [3.63, 3.8) is 0 Å². The van der Waals surface area contributed by atoms with E-state index in [0.29, 0.717) is 18.8 Å². The SMILES string of the molecule is CCC(O)CNc1cc(C(=O)O)ccn1. The standard InChI is InChI=1S/C10H14N2O3/c1-2-8(13)6-12-9-5-7(10(14)15)3-4-11-9/h3-5,8,13H,2,6H2,1H3,(H,11,12)(H,14,15). The molecule has 1 unspecified atom stereocenters. The Morgan fingerprint density at radius 1 is 1.67 bits per heavy atom. The Kier molecular flexibility index (Phi) is 4.05. The summed E-state index contributed by atoms with van der Waals surface area (Å²) in [6.45, 7) is 2.24. The second-order valence-corrected chi connectivity index (χ2v) is 3.18. The van der Waals surface area contributed by atoms with Crippen LogP contribution in [0.1, 0.15) is 23.7 Å². The van der Waals surface area contributed by atoms with Gasteiger partial charge in [0, 0.05) is 12.7 Å². The minimum Gasteiger partial charge on any atom is -0.478 e. The van der Waals surface area contributed by atoms with Crippen LogP contribution in [0.3, 0.4) is 0 Å². The summed E-state index contributed by atoms with van der Waals surface area (Å²) in [6, 6.07) is 2.86. The number of nitrogens with zero attached hydrogens (tertiary/aromatic N) is 1. The molecule has 0 spiro atoms. The fourth-order valence-corrected chi connectivity index (χ4v) is 1.03. The van der Waals surface area contributed by atoms with E-state index in [1.165, 1.54) is 18.3 Å². The molecular formula is C10H14N2O3. The molecule has 0 bridgehead atoms. The van der Waals surface area contributed by atoms with Crippen LogP contribution in [-0.4, -0.2) is 33.8 Å². The van der Waals surface area contributed by atoms with E-state index in [1.807, 2.05) is 6.92 Å². The lowest BCUT2D eigenvalue weighted by molar-refractivity contribution is 0.0697. The fraction of sp³-hybridized carbons (Fsp3) is 0.400. The van der Waals surface area contributed by atoms with Crippen LogP contribution in [0.15, 0.2) is 18.3 Å². The number of hydrogen-bond donors (Lipinski definition) is 3. The van der Waals surface area contributed by atoms with Gasteiger partial charge in [-0.3, -0.25) is 0 Å². The lowest BCUT2D eigenvalue weighted by atomic mass is 10.2. The summed E-state index contributed by atoms with van der Waals surface area (Å²) in [5, 5.41) is 20.9. The zero-order valence-electron chi connectivity index (χ0n) is 8.47. The lowest BCUT2D eigenvalue weighted by Gasteiger charge is -2.09. The maximum atomic E-state index is 10.6. The largest absolute Gasteiger partial charge is 0.478 e. The van der Waals surface area contributed by atoms with Crippen molar-refractivity contribution in [3.8, 4) is 0 Å². The van der Waals surface area contributed by atoms with Gasteiger partial charge in [0.25, 0.3) is 0 Å². The Morgan fingerprint density at radius 2 is 2.40 bits per heavy atom. The Hall–Kier alpha value is -1.62. The molecule has 0 aliphatic carbocycles. The van der Waals surface area contributed by atoms with Gasteiger partial charge in [-0.15, -0.1) is 0 Å². The maximum absolute atomic E-state index is 10.6. The van der Waals surface area contributed by atoms with E-state index in [-0.39, 0.29) is 5.56 Å². The van der Waals surface area contributed by atoms with Crippen molar-refractivity contribution >= 4 is 11.8 Å². The van der Waals surface area contributed by atoms with Gasteiger partial charge in [0.15, 0.2) is 0 Å². The monoisotopic (exact) mass is 210 g/mol. The van der Waals surface area contributed by atoms with Crippen LogP contribution in [0.5, 0.6) is 0 Å². The first-order valence-electron chi connectivity index (χ1n) is 4.74. The molecular weight excluding hydrogens is 196 g/mol. The second kappa shape index (κ2) is 5.31. The van der Waals surface area contributed by atoms with Crippen LogP contribution in [-0.2, 0) is 0 Å². The molecule has 1 atom stereocenters. The normalized spacial score (nSPS) is 12.1. The number of anilines is 1. The predicted octanol–water partition coefficient (Wildman–Crippen LogP) is 0.963. The van der Waals surface area contributed by atoms with Gasteiger partial charge < -0.3 is 15.5 Å². The first kappa shape index (κ1) is 11.5. The van der Waals surface area contributed by atoms with Crippen molar-refractivity contribution in [2.24, 2.45) is 0 Å². The molecule has 0 aliphatic heterocycles. The molecule has 5 nitrogen and oxygen atoms in total. The molecule has 1 aromatic rings. The minimum absolute atomic E-state index is 0.179. The summed E-state index contributed by atoms with van der Waals surface area (Å²) in [5.74, 6) is -0.529. The molecule has 0 aliphatic rings. The van der Waals surface area contributed by atoms with E-state index < -0.39 is 12.1 Å². The molecule has 82 valence electrons. The van der Waals surface area contributed by atoms with Crippen LogP contribution < -0.4 is 5.32 Å². The van der Waals surface area contributed by atoms with Gasteiger partial charge in [0.2, 0.25) is 0 Å². The number of carboxylic acid groups (broad SMARTS) is 1. The van der Waals surface area contributed by atoms with Crippen LogP contribution in [0.25, 0.3) is 0 Å². The molecule has 1 aromatic heterocycles. The average Bonchev–Trinajstić information content (AvgIpc) is 2.26. The van der Waals surface area contributed by atoms with Crippen LogP contribution in [0, 0.1) is 0 Å². The quantitative estimate of drug-likeness (QED) is 0.674. The number of pyridine rings is 1. The van der Waals surface area contributed by atoms with Crippen LogP contribution in [0.4, 0.5) is 5.82 Å². The molecule has 15 heavy (non-hydrogen) atoms. The average molecular weight is 210 g/mol. The van der Waals surface area contributed by atoms with E-state index in [4.69, 9.17) is 5.11 Å². The van der Waals surface area contributed by atoms with Crippen LogP contribution >= 0.6 is 0 Å². The van der Waals surface area contributed by atoms with E-state index in [9.17, 15) is 9.90 Å². The topological polar surface area (TPSA) is 82.5 Å². The molecule has 3 N–H and O–H groups in total. The van der Waals surface area contributed by atoms with E-state index in [1.54, 1.807) is 0 Å². The number of carbonyl (C=O) groups is 1. The lowest BCUT2D eigenvalue weighted by Crippen LogP contribution is -2.18. The number of aromatic carboxylic acids is 1. The predicted molar refractivity (Wildman–Crippen MR) is 56.0 cm³/mol. The summed E-state index contributed by atoms with van der Waals surface area (Å²) in [5.41, 5.74) is 0.179. The number of carboxylic acids is 1. The zero-order valence-corrected chi connectivity index (χ0v) is 8.47. The summed E-state index contributed by atoms with van der Waals surface area (Å²) in [4.78, 5) is 14.6. The highest BCUT2D eigenvalue weighted by Crippen LogP contribution is 2.06. The van der Waals surface area contributed by atoms with Crippen molar-refractivity contribution in [2.45, 2.75) is 19.4 Å². The third-order valence-corrected chi connectivity index (χ3v) is 2.00. The Balaban J connectivity index is 2.62. The number of nitrogens with one attached hydrogen (secondary N) is 1. The third kappa shape index (κ3) is 3.55. The highest BCUT2D eigenvalue weighted by molar-refractivity contribution is 5.88. The number of aliphatic hydroxyl groups is 1. The van der Waals surface area contributed by atoms with E-state index in [2.05, 4.69) is 10.3 Å². The van der Waals surface area contributed by atoms with Gasteiger partial charge in [-0.1, -0.05) is 6.92 Å². The molecule has 0 saturated heterocycles. The van der Waals surface area contributed by atoms with Gasteiger partial charge in [0.1, 0.15) is 5.82 Å². The smallest absolute Gasteiger partial charge is 0.335 e.